The smallest absolute Gasteiger partial charge is 0.191 e. The molecular weight excluding hydrogens is 357 g/mol. The molecule has 1 heterocycles. The van der Waals surface area contributed by atoms with E-state index in [2.05, 4.69) is 39.3 Å². The number of guanidine groups is 1. The summed E-state index contributed by atoms with van der Waals surface area (Å²) in [5.41, 5.74) is 0.971. The van der Waals surface area contributed by atoms with Crippen LogP contribution in [0.15, 0.2) is 23.2 Å². The Labute approximate surface area is 161 Å². The molecule has 0 spiro atoms. The van der Waals surface area contributed by atoms with Gasteiger partial charge < -0.3 is 15.5 Å². The van der Waals surface area contributed by atoms with Gasteiger partial charge in [0.2, 0.25) is 0 Å². The van der Waals surface area contributed by atoms with E-state index in [1.165, 1.54) is 13.1 Å². The van der Waals surface area contributed by atoms with Crippen molar-refractivity contribution in [2.45, 2.75) is 20.4 Å². The second-order valence-corrected chi connectivity index (χ2v) is 6.98. The van der Waals surface area contributed by atoms with Crippen molar-refractivity contribution < 1.29 is 0 Å². The summed E-state index contributed by atoms with van der Waals surface area (Å²) in [6.07, 6.45) is 0. The average Bonchev–Trinajstić information content (AvgIpc) is 2.61. The maximum Gasteiger partial charge on any atom is 0.191 e. The minimum Gasteiger partial charge on any atom is -0.357 e. The monoisotopic (exact) mass is 385 g/mol. The van der Waals surface area contributed by atoms with Crippen LogP contribution in [0.5, 0.6) is 0 Å². The highest BCUT2D eigenvalue weighted by Gasteiger charge is 2.14. The third-order valence-corrected chi connectivity index (χ3v) is 4.99. The lowest BCUT2D eigenvalue weighted by Gasteiger charge is -2.34. The predicted octanol–water partition coefficient (Wildman–Crippen LogP) is 2.69. The van der Waals surface area contributed by atoms with Crippen LogP contribution in [0.4, 0.5) is 0 Å². The van der Waals surface area contributed by atoms with Gasteiger partial charge in [-0.3, -0.25) is 4.90 Å². The highest BCUT2D eigenvalue weighted by atomic mass is 35.5. The molecule has 140 valence electrons. The molecular formula is C18H29Cl2N5. The zero-order valence-electron chi connectivity index (χ0n) is 15.2. The van der Waals surface area contributed by atoms with E-state index in [0.29, 0.717) is 16.6 Å². The Hall–Kier alpha value is -1.01. The van der Waals surface area contributed by atoms with Crippen LogP contribution in [0.25, 0.3) is 0 Å². The van der Waals surface area contributed by atoms with Crippen LogP contribution in [-0.4, -0.2) is 68.1 Å². The maximum atomic E-state index is 6.21. The summed E-state index contributed by atoms with van der Waals surface area (Å²) >= 11 is 12.2. The Morgan fingerprint density at radius 3 is 2.44 bits per heavy atom. The zero-order valence-corrected chi connectivity index (χ0v) is 16.7. The van der Waals surface area contributed by atoms with E-state index in [4.69, 9.17) is 23.2 Å². The third-order valence-electron chi connectivity index (χ3n) is 4.40. The number of halogens is 2. The molecule has 1 saturated heterocycles. The number of piperazine rings is 1. The molecule has 0 amide bonds. The fraction of sp³-hybridized carbons (Fsp3) is 0.611. The summed E-state index contributed by atoms with van der Waals surface area (Å²) in [5, 5.41) is 7.99. The van der Waals surface area contributed by atoms with Crippen molar-refractivity contribution in [3.63, 3.8) is 0 Å². The van der Waals surface area contributed by atoms with Gasteiger partial charge in [0.15, 0.2) is 5.96 Å². The van der Waals surface area contributed by atoms with Crippen LogP contribution >= 0.6 is 23.2 Å². The van der Waals surface area contributed by atoms with Gasteiger partial charge in [0.05, 0.1) is 6.54 Å². The Kier molecular flexibility index (Phi) is 8.82. The molecule has 0 saturated carbocycles. The molecule has 25 heavy (non-hydrogen) atoms. The fourth-order valence-corrected chi connectivity index (χ4v) is 3.29. The first-order chi connectivity index (χ1) is 12.1. The van der Waals surface area contributed by atoms with Crippen LogP contribution in [0.1, 0.15) is 19.4 Å². The first-order valence-electron chi connectivity index (χ1n) is 9.03. The van der Waals surface area contributed by atoms with Gasteiger partial charge >= 0.3 is 0 Å². The van der Waals surface area contributed by atoms with Gasteiger partial charge in [-0.25, -0.2) is 4.99 Å². The van der Waals surface area contributed by atoms with E-state index in [0.717, 1.165) is 50.8 Å². The lowest BCUT2D eigenvalue weighted by molar-refractivity contribution is 0.139. The second kappa shape index (κ2) is 10.9. The van der Waals surface area contributed by atoms with Gasteiger partial charge in [-0.05, 0) is 31.2 Å². The summed E-state index contributed by atoms with van der Waals surface area (Å²) in [7, 11) is 0. The molecule has 1 aliphatic rings. The van der Waals surface area contributed by atoms with Crippen molar-refractivity contribution in [2.75, 3.05) is 52.4 Å². The molecule has 2 rings (SSSR count). The molecule has 1 aromatic carbocycles. The number of hydrogen-bond acceptors (Lipinski definition) is 3. The molecule has 0 aromatic heterocycles. The first kappa shape index (κ1) is 20.3. The zero-order chi connectivity index (χ0) is 18.1. The minimum atomic E-state index is 0.528. The number of hydrogen-bond donors (Lipinski definition) is 2. The summed E-state index contributed by atoms with van der Waals surface area (Å²) in [6.45, 7) is 13.3. The predicted molar refractivity (Wildman–Crippen MR) is 108 cm³/mol. The number of likely N-dealkylation sites (N-methyl/N-ethyl adjacent to an activating group) is 1. The van der Waals surface area contributed by atoms with Crippen LogP contribution < -0.4 is 10.6 Å². The van der Waals surface area contributed by atoms with Crippen LogP contribution in [0.2, 0.25) is 10.0 Å². The Bertz CT molecular complexity index is 556. The molecule has 0 radical (unpaired) electrons. The van der Waals surface area contributed by atoms with Crippen molar-refractivity contribution in [2.24, 2.45) is 4.99 Å². The second-order valence-electron chi connectivity index (χ2n) is 6.13. The lowest BCUT2D eigenvalue weighted by atomic mass is 10.2. The van der Waals surface area contributed by atoms with E-state index in [9.17, 15) is 0 Å². The normalized spacial score (nSPS) is 16.9. The van der Waals surface area contributed by atoms with E-state index >= 15 is 0 Å². The molecule has 1 fully saturated rings. The Morgan fingerprint density at radius 1 is 1.08 bits per heavy atom. The summed E-state index contributed by atoms with van der Waals surface area (Å²) in [5.74, 6) is 0.820. The fourth-order valence-electron chi connectivity index (χ4n) is 2.82. The van der Waals surface area contributed by atoms with E-state index < -0.39 is 0 Å². The van der Waals surface area contributed by atoms with Crippen LogP contribution in [0.3, 0.4) is 0 Å². The number of nitrogens with one attached hydrogen (secondary N) is 2. The lowest BCUT2D eigenvalue weighted by Crippen LogP contribution is -2.49. The third kappa shape index (κ3) is 7.02. The Balaban J connectivity index is 1.79. The van der Waals surface area contributed by atoms with Gasteiger partial charge in [0.1, 0.15) is 0 Å². The van der Waals surface area contributed by atoms with Crippen molar-refractivity contribution in [3.8, 4) is 0 Å². The number of benzene rings is 1. The molecule has 5 nitrogen and oxygen atoms in total. The highest BCUT2D eigenvalue weighted by Crippen LogP contribution is 2.21. The van der Waals surface area contributed by atoms with Gasteiger partial charge in [-0.1, -0.05) is 36.2 Å². The molecule has 2 N–H and O–H groups in total. The highest BCUT2D eigenvalue weighted by molar-refractivity contribution is 6.35. The van der Waals surface area contributed by atoms with Crippen LogP contribution in [0, 0.1) is 0 Å². The number of rotatable bonds is 7. The Morgan fingerprint density at radius 2 is 1.80 bits per heavy atom. The van der Waals surface area contributed by atoms with Gasteiger partial charge in [0, 0.05) is 55.9 Å². The molecule has 1 aliphatic heterocycles. The molecule has 0 aliphatic carbocycles. The largest absolute Gasteiger partial charge is 0.357 e. The molecule has 0 bridgehead atoms. The van der Waals surface area contributed by atoms with Gasteiger partial charge in [-0.2, -0.15) is 0 Å². The topological polar surface area (TPSA) is 42.9 Å². The molecule has 0 unspecified atom stereocenters. The standard InChI is InChI=1S/C18H29Cl2N5/c1-3-21-18(23-14-15-5-6-16(19)13-17(15)20)22-7-8-25-11-9-24(4-2)10-12-25/h5-6,13H,3-4,7-12,14H2,1-2H3,(H2,21,22,23). The average molecular weight is 386 g/mol. The maximum absolute atomic E-state index is 6.21. The molecule has 1 aromatic rings. The van der Waals surface area contributed by atoms with Gasteiger partial charge in [-0.15, -0.1) is 0 Å². The molecule has 7 heteroatoms. The van der Waals surface area contributed by atoms with Crippen molar-refractivity contribution in [3.05, 3.63) is 33.8 Å². The quantitative estimate of drug-likeness (QED) is 0.559. The minimum absolute atomic E-state index is 0.528. The van der Waals surface area contributed by atoms with E-state index in [-0.39, 0.29) is 0 Å². The van der Waals surface area contributed by atoms with Crippen molar-refractivity contribution in [1.29, 1.82) is 0 Å². The molecule has 0 atom stereocenters. The van der Waals surface area contributed by atoms with Gasteiger partial charge in [0.25, 0.3) is 0 Å². The van der Waals surface area contributed by atoms with Crippen LogP contribution in [-0.2, 0) is 6.54 Å². The summed E-state index contributed by atoms with van der Waals surface area (Å²) in [4.78, 5) is 9.61. The number of aliphatic imine (C=N–C) groups is 1. The summed E-state index contributed by atoms with van der Waals surface area (Å²) < 4.78 is 0. The SMILES string of the molecule is CCNC(=NCc1ccc(Cl)cc1Cl)NCCN1CCN(CC)CC1. The van der Waals surface area contributed by atoms with E-state index in [1.807, 2.05) is 12.1 Å². The van der Waals surface area contributed by atoms with Crippen molar-refractivity contribution >= 4 is 29.2 Å². The number of nitrogens with zero attached hydrogens (tertiary/aromatic N) is 3. The van der Waals surface area contributed by atoms with E-state index in [1.54, 1.807) is 6.07 Å². The first-order valence-corrected chi connectivity index (χ1v) is 9.78. The van der Waals surface area contributed by atoms with Crippen molar-refractivity contribution in [1.82, 2.24) is 20.4 Å². The summed E-state index contributed by atoms with van der Waals surface area (Å²) in [6, 6.07) is 5.52.